The molecule has 1 aliphatic heterocycles. The molecular formula is C23H18ClNO2S. The number of nitrogens with zero attached hydrogens (tertiary/aromatic N) is 1. The molecule has 0 radical (unpaired) electrons. The number of benzene rings is 2. The minimum atomic E-state index is -0.144. The van der Waals surface area contributed by atoms with Gasteiger partial charge >= 0.3 is 0 Å². The SMILES string of the molecule is O=C1[C@H]2[C@@H]3C=C[C@@H]([C@H]4C[C@H]34)[C@@H]2C(=O)N1c1ccc(Sc2ccc(Cl)cc2)cc1. The first-order valence-electron chi connectivity index (χ1n) is 9.71. The number of halogens is 1. The zero-order chi connectivity index (χ0) is 19.0. The molecule has 0 N–H and O–H groups in total. The van der Waals surface area contributed by atoms with E-state index in [-0.39, 0.29) is 35.5 Å². The van der Waals surface area contributed by atoms with Gasteiger partial charge in [0.05, 0.1) is 17.5 Å². The largest absolute Gasteiger partial charge is 0.274 e. The zero-order valence-corrected chi connectivity index (χ0v) is 16.6. The average molecular weight is 408 g/mol. The van der Waals surface area contributed by atoms with Gasteiger partial charge in [0.2, 0.25) is 11.8 Å². The van der Waals surface area contributed by atoms with Gasteiger partial charge in [0.25, 0.3) is 0 Å². The van der Waals surface area contributed by atoms with E-state index in [9.17, 15) is 9.59 Å². The Kier molecular flexibility index (Phi) is 3.60. The average Bonchev–Trinajstić information content (AvgIpc) is 3.49. The molecule has 1 saturated heterocycles. The van der Waals surface area contributed by atoms with Crippen LogP contribution in [-0.4, -0.2) is 11.8 Å². The van der Waals surface area contributed by atoms with E-state index < -0.39 is 0 Å². The van der Waals surface area contributed by atoms with Crippen molar-refractivity contribution in [3.05, 3.63) is 65.7 Å². The first-order valence-corrected chi connectivity index (χ1v) is 10.9. The molecule has 2 bridgehead atoms. The number of allylic oxidation sites excluding steroid dienone is 2. The molecule has 4 aliphatic carbocycles. The summed E-state index contributed by atoms with van der Waals surface area (Å²) in [5.41, 5.74) is 0.693. The lowest BCUT2D eigenvalue weighted by atomic mass is 9.63. The number of hydrogen-bond acceptors (Lipinski definition) is 3. The Morgan fingerprint density at radius 3 is 1.82 bits per heavy atom. The summed E-state index contributed by atoms with van der Waals surface area (Å²) in [6.07, 6.45) is 5.60. The Morgan fingerprint density at radius 1 is 0.786 bits per heavy atom. The number of amides is 2. The van der Waals surface area contributed by atoms with Gasteiger partial charge in [-0.2, -0.15) is 0 Å². The number of imide groups is 1. The highest BCUT2D eigenvalue weighted by Crippen LogP contribution is 2.65. The molecule has 28 heavy (non-hydrogen) atoms. The summed E-state index contributed by atoms with van der Waals surface area (Å²) in [7, 11) is 0. The molecule has 5 heteroatoms. The van der Waals surface area contributed by atoms with Crippen LogP contribution in [0.3, 0.4) is 0 Å². The van der Waals surface area contributed by atoms with Crippen LogP contribution in [0.1, 0.15) is 6.42 Å². The van der Waals surface area contributed by atoms with Gasteiger partial charge in [-0.3, -0.25) is 14.5 Å². The summed E-state index contributed by atoms with van der Waals surface area (Å²) < 4.78 is 0. The van der Waals surface area contributed by atoms with Crippen molar-refractivity contribution in [3.63, 3.8) is 0 Å². The number of carbonyl (C=O) groups excluding carboxylic acids is 2. The van der Waals surface area contributed by atoms with Crippen LogP contribution in [0.4, 0.5) is 5.69 Å². The highest BCUT2D eigenvalue weighted by molar-refractivity contribution is 7.99. The molecule has 7 rings (SSSR count). The normalized spacial score (nSPS) is 34.5. The third kappa shape index (κ3) is 2.37. The maximum Gasteiger partial charge on any atom is 0.238 e. The van der Waals surface area contributed by atoms with Crippen molar-refractivity contribution < 1.29 is 9.59 Å². The standard InChI is InChI=1S/C23H18ClNO2S/c24-12-1-5-14(6-2-12)28-15-7-3-13(4-8-15)25-22(26)20-16-9-10-17(19-11-18(16)19)21(20)23(25)27/h1-10,16-21H,11H2/t16-,17+,18-,19-,20+,21+/m1/s1. The van der Waals surface area contributed by atoms with Crippen LogP contribution in [0.5, 0.6) is 0 Å². The highest BCUT2D eigenvalue weighted by atomic mass is 35.5. The topological polar surface area (TPSA) is 37.4 Å². The summed E-state index contributed by atoms with van der Waals surface area (Å²) in [5.74, 6) is 1.50. The molecule has 3 fully saturated rings. The van der Waals surface area contributed by atoms with Crippen molar-refractivity contribution >= 4 is 40.9 Å². The first-order chi connectivity index (χ1) is 13.6. The van der Waals surface area contributed by atoms with E-state index in [0.29, 0.717) is 22.5 Å². The second-order valence-electron chi connectivity index (χ2n) is 8.22. The van der Waals surface area contributed by atoms with Gasteiger partial charge in [-0.05, 0) is 78.6 Å². The fourth-order valence-corrected chi connectivity index (χ4v) is 6.46. The fraction of sp³-hybridized carbons (Fsp3) is 0.304. The van der Waals surface area contributed by atoms with E-state index in [2.05, 4.69) is 12.2 Å². The van der Waals surface area contributed by atoms with Crippen molar-refractivity contribution in [2.24, 2.45) is 35.5 Å². The monoisotopic (exact) mass is 407 g/mol. The Hall–Kier alpha value is -2.04. The van der Waals surface area contributed by atoms with Crippen LogP contribution in [0.15, 0.2) is 70.5 Å². The zero-order valence-electron chi connectivity index (χ0n) is 15.0. The quantitative estimate of drug-likeness (QED) is 0.527. The molecule has 0 unspecified atom stereocenters. The maximum atomic E-state index is 13.2. The number of hydrogen-bond donors (Lipinski definition) is 0. The van der Waals surface area contributed by atoms with E-state index in [4.69, 9.17) is 11.6 Å². The van der Waals surface area contributed by atoms with Gasteiger partial charge in [0.1, 0.15) is 0 Å². The predicted molar refractivity (Wildman–Crippen MR) is 109 cm³/mol. The lowest BCUT2D eigenvalue weighted by Gasteiger charge is -2.37. The van der Waals surface area contributed by atoms with Crippen LogP contribution in [-0.2, 0) is 9.59 Å². The molecule has 2 saturated carbocycles. The Morgan fingerprint density at radius 2 is 1.29 bits per heavy atom. The van der Waals surface area contributed by atoms with Crippen molar-refractivity contribution in [2.45, 2.75) is 16.2 Å². The number of rotatable bonds is 3. The molecule has 2 aromatic carbocycles. The molecular weight excluding hydrogens is 390 g/mol. The van der Waals surface area contributed by atoms with E-state index in [0.717, 1.165) is 9.79 Å². The van der Waals surface area contributed by atoms with Gasteiger partial charge < -0.3 is 0 Å². The third-order valence-corrected chi connectivity index (χ3v) is 8.07. The molecule has 140 valence electrons. The molecule has 2 aromatic rings. The number of anilines is 1. The van der Waals surface area contributed by atoms with Crippen LogP contribution in [0.25, 0.3) is 0 Å². The van der Waals surface area contributed by atoms with Gasteiger partial charge in [-0.25, -0.2) is 0 Å². The molecule has 2 amide bonds. The van der Waals surface area contributed by atoms with Crippen LogP contribution in [0.2, 0.25) is 5.02 Å². The van der Waals surface area contributed by atoms with Gasteiger partial charge in [-0.15, -0.1) is 0 Å². The lowest BCUT2D eigenvalue weighted by molar-refractivity contribution is -0.124. The van der Waals surface area contributed by atoms with Crippen molar-refractivity contribution in [1.29, 1.82) is 0 Å². The number of carbonyl (C=O) groups is 2. The second kappa shape index (κ2) is 5.98. The summed E-state index contributed by atoms with van der Waals surface area (Å²) >= 11 is 7.57. The smallest absolute Gasteiger partial charge is 0.238 e. The van der Waals surface area contributed by atoms with Crippen LogP contribution < -0.4 is 4.90 Å². The molecule has 1 heterocycles. The van der Waals surface area contributed by atoms with Crippen molar-refractivity contribution in [2.75, 3.05) is 4.90 Å². The van der Waals surface area contributed by atoms with E-state index >= 15 is 0 Å². The summed E-state index contributed by atoms with van der Waals surface area (Å²) in [4.78, 5) is 29.9. The molecule has 6 atom stereocenters. The van der Waals surface area contributed by atoms with Gasteiger partial charge in [0.15, 0.2) is 0 Å². The summed E-state index contributed by atoms with van der Waals surface area (Å²) in [5, 5.41) is 0.716. The van der Waals surface area contributed by atoms with Crippen molar-refractivity contribution in [3.8, 4) is 0 Å². The highest BCUT2D eigenvalue weighted by Gasteiger charge is 2.67. The molecule has 0 aromatic heterocycles. The summed E-state index contributed by atoms with van der Waals surface area (Å²) in [6.45, 7) is 0. The minimum Gasteiger partial charge on any atom is -0.274 e. The van der Waals surface area contributed by atoms with Crippen molar-refractivity contribution in [1.82, 2.24) is 0 Å². The van der Waals surface area contributed by atoms with E-state index in [1.165, 1.54) is 11.3 Å². The first kappa shape index (κ1) is 16.9. The minimum absolute atomic E-state index is 0.00203. The van der Waals surface area contributed by atoms with Gasteiger partial charge in [0, 0.05) is 14.8 Å². The lowest BCUT2D eigenvalue weighted by Crippen LogP contribution is -2.40. The molecule has 0 spiro atoms. The molecule has 3 nitrogen and oxygen atoms in total. The molecule has 5 aliphatic rings. The van der Waals surface area contributed by atoms with E-state index in [1.54, 1.807) is 11.8 Å². The Bertz CT molecular complexity index is 980. The van der Waals surface area contributed by atoms with E-state index in [1.807, 2.05) is 48.5 Å². The third-order valence-electron chi connectivity index (χ3n) is 6.81. The second-order valence-corrected chi connectivity index (χ2v) is 9.80. The van der Waals surface area contributed by atoms with Crippen LogP contribution in [0, 0.1) is 35.5 Å². The predicted octanol–water partition coefficient (Wildman–Crippen LogP) is 5.05. The summed E-state index contributed by atoms with van der Waals surface area (Å²) in [6, 6.07) is 15.4. The Labute approximate surface area is 172 Å². The Balaban J connectivity index is 1.26. The fourth-order valence-electron chi connectivity index (χ4n) is 5.51. The van der Waals surface area contributed by atoms with Crippen LogP contribution >= 0.6 is 23.4 Å². The van der Waals surface area contributed by atoms with Gasteiger partial charge in [-0.1, -0.05) is 35.5 Å². The maximum absolute atomic E-state index is 13.2.